The summed E-state index contributed by atoms with van der Waals surface area (Å²) in [5.41, 5.74) is 18.2. The maximum absolute atomic E-state index is 14.6. The minimum absolute atomic E-state index is 0.0257. The molecule has 4 aliphatic heterocycles. The van der Waals surface area contributed by atoms with Gasteiger partial charge in [-0.3, -0.25) is 48.5 Å². The molecule has 0 radical (unpaired) electrons. The number of unbranched alkanes of at least 4 members (excludes halogenated alkanes) is 5. The summed E-state index contributed by atoms with van der Waals surface area (Å²) in [4.78, 5) is 138. The molecule has 4 fully saturated rings. The third-order valence-electron chi connectivity index (χ3n) is 22.3. The zero-order valence-corrected chi connectivity index (χ0v) is 67.6. The second-order valence-electron chi connectivity index (χ2n) is 31.5. The van der Waals surface area contributed by atoms with Crippen molar-refractivity contribution in [1.29, 1.82) is 0 Å². The number of aromatic hydroxyl groups is 1. The van der Waals surface area contributed by atoms with Gasteiger partial charge in [0.1, 0.15) is 71.9 Å². The van der Waals surface area contributed by atoms with E-state index in [1.54, 1.807) is 4.40 Å². The lowest BCUT2D eigenvalue weighted by molar-refractivity contribution is -0.148. The summed E-state index contributed by atoms with van der Waals surface area (Å²) in [6.45, 7) is 14.4. The van der Waals surface area contributed by atoms with Crippen LogP contribution in [0.2, 0.25) is 0 Å². The molecule has 0 spiro atoms. The van der Waals surface area contributed by atoms with Gasteiger partial charge < -0.3 is 108 Å². The first-order valence-corrected chi connectivity index (χ1v) is 40.9. The predicted octanol–water partition coefficient (Wildman–Crippen LogP) is 2.45. The maximum Gasteiger partial charge on any atom is 0.298 e. The number of aliphatic hydroxyl groups is 7. The molecule has 4 aliphatic rings. The lowest BCUT2D eigenvalue weighted by Gasteiger charge is -2.37. The molecule has 0 bridgehead atoms. The number of aryl methyl sites for hydroxylation is 2. The van der Waals surface area contributed by atoms with Crippen molar-refractivity contribution in [3.63, 3.8) is 0 Å². The number of benzene rings is 3. The van der Waals surface area contributed by atoms with E-state index in [1.807, 2.05) is 92.0 Å². The van der Waals surface area contributed by atoms with Gasteiger partial charge in [-0.1, -0.05) is 114 Å². The van der Waals surface area contributed by atoms with Crippen LogP contribution in [-0.4, -0.2) is 251 Å². The molecule has 2 unspecified atom stereocenters. The lowest BCUT2D eigenvalue weighted by Crippen LogP contribution is -2.65. The second-order valence-corrected chi connectivity index (χ2v) is 31.5. The molecule has 19 N–H and O–H groups in total. The van der Waals surface area contributed by atoms with E-state index in [9.17, 15) is 84.0 Å². The molecule has 4 saturated heterocycles. The smallest absolute Gasteiger partial charge is 0.298 e. The van der Waals surface area contributed by atoms with Crippen LogP contribution in [0.1, 0.15) is 151 Å². The summed E-state index contributed by atoms with van der Waals surface area (Å²) in [6.07, 6.45) is -5.13. The average molecular weight is 1620 g/mol. The number of aromatic nitrogens is 2. The Morgan fingerprint density at radius 1 is 0.641 bits per heavy atom. The molecule has 0 saturated carbocycles. The molecule has 16 atom stereocenters. The highest BCUT2D eigenvalue weighted by Crippen LogP contribution is 2.32. The van der Waals surface area contributed by atoms with Gasteiger partial charge >= 0.3 is 0 Å². The summed E-state index contributed by atoms with van der Waals surface area (Å²) < 4.78 is 1.78. The Hall–Kier alpha value is -10.0. The molecule has 6 aromatic rings. The van der Waals surface area contributed by atoms with Crippen LogP contribution < -0.4 is 58.5 Å². The van der Waals surface area contributed by atoms with Crippen LogP contribution in [0.15, 0.2) is 121 Å². The number of carbonyl (C=O) groups is 9. The number of Topliss-reactive ketones (excluding diaryl/α,β-unsaturated/α-hetero) is 1. The molecule has 7 heterocycles. The molecular formula is C85H119N15O17. The van der Waals surface area contributed by atoms with Gasteiger partial charge in [-0.25, -0.2) is 4.98 Å². The number of phenols is 1. The second kappa shape index (κ2) is 43.5. The number of nitrogens with zero attached hydrogens (tertiary/aromatic N) is 6. The number of piperazine rings is 1. The lowest BCUT2D eigenvalue weighted by atomic mass is 9.91. The SMILES string of the molecule is CCC(C)CC(C)CCCCCCCCC(=O)N[C@H]1C[C@@H](O)[C@@H](NCCN)NC(=O)[C@@H]2[C@@H](O)CCN2C(=O)[C@H]([C@H](O)CCN)NC(=O)[C@H]([C@H](O)[C@@H](O)c2ccc(O)cc2)NC(=O)[C@@H]2C[C@@H](O)CN2C(=O)[C@H]([C@@H](C)O)NC1=O.Cc1cc(C)nc(N2CCN(c3ccc(NC(=O)C(=O)c4c(-c5ccccc5)cc5ccccn45)cc3)CC2)c1. The molecule has 32 nitrogen and oxygen atoms in total. The van der Waals surface area contributed by atoms with E-state index in [0.29, 0.717) is 36.1 Å². The Labute approximate surface area is 682 Å². The fraction of sp³-hybridized carbons (Fsp3) is 0.529. The minimum Gasteiger partial charge on any atom is -0.508 e. The van der Waals surface area contributed by atoms with E-state index in [1.165, 1.54) is 36.2 Å². The van der Waals surface area contributed by atoms with Crippen LogP contribution in [0.3, 0.4) is 0 Å². The first kappa shape index (κ1) is 90.9. The quantitative estimate of drug-likeness (QED) is 0.0182. The van der Waals surface area contributed by atoms with Crippen LogP contribution >= 0.6 is 0 Å². The van der Waals surface area contributed by atoms with E-state index in [0.717, 1.165) is 115 Å². The van der Waals surface area contributed by atoms with Gasteiger partial charge in [0, 0.05) is 106 Å². The monoisotopic (exact) mass is 1620 g/mol. The highest BCUT2D eigenvalue weighted by molar-refractivity contribution is 6.47. The number of nitrogens with two attached hydrogens (primary N) is 2. The topological polar surface area (TPSA) is 482 Å². The van der Waals surface area contributed by atoms with Gasteiger partial charge in [0.25, 0.3) is 11.7 Å². The van der Waals surface area contributed by atoms with E-state index in [4.69, 9.17) is 16.5 Å². The van der Waals surface area contributed by atoms with Gasteiger partial charge in [0.15, 0.2) is 0 Å². The molecule has 10 rings (SSSR count). The Kier molecular flexibility index (Phi) is 33.8. The Morgan fingerprint density at radius 2 is 1.29 bits per heavy atom. The fourth-order valence-corrected chi connectivity index (χ4v) is 15.7. The third-order valence-corrected chi connectivity index (χ3v) is 22.3. The average Bonchev–Trinajstić information content (AvgIpc) is 1.63. The fourth-order valence-electron chi connectivity index (χ4n) is 15.7. The number of amides is 8. The zero-order chi connectivity index (χ0) is 84.7. The molecule has 3 aromatic carbocycles. The molecule has 8 amide bonds. The molecule has 117 heavy (non-hydrogen) atoms. The number of hydrogen-bond acceptors (Lipinski definition) is 23. The van der Waals surface area contributed by atoms with E-state index in [-0.39, 0.29) is 56.8 Å². The highest BCUT2D eigenvalue weighted by atomic mass is 16.3. The number of aliphatic hydroxyl groups excluding tert-OH is 7. The van der Waals surface area contributed by atoms with Crippen molar-refractivity contribution >= 4 is 75.8 Å². The van der Waals surface area contributed by atoms with Crippen LogP contribution in [0.4, 0.5) is 17.2 Å². The van der Waals surface area contributed by atoms with Gasteiger partial charge in [0.05, 0.1) is 30.5 Å². The Bertz CT molecular complexity index is 4280. The number of anilines is 3. The summed E-state index contributed by atoms with van der Waals surface area (Å²) >= 11 is 0. The Balaban J connectivity index is 0.000000323. The summed E-state index contributed by atoms with van der Waals surface area (Å²) in [5, 5.41) is 107. The molecule has 32 heteroatoms. The summed E-state index contributed by atoms with van der Waals surface area (Å²) in [7, 11) is 0. The Morgan fingerprint density at radius 3 is 1.96 bits per heavy atom. The zero-order valence-electron chi connectivity index (χ0n) is 67.6. The van der Waals surface area contributed by atoms with Crippen molar-refractivity contribution in [1.82, 2.24) is 51.1 Å². The standard InChI is InChI=1S/C52H88N10O15.C33H31N5O2/c1-5-28(2)24-29(3)12-10-8-6-7-9-11-13-39(69)56-34-26-38(68)46(55-22-21-54)60-50(75)43-37(67)19-23-61(43)52(77)41(36(66)18-20-53)58-49(74)42(45(71)44(70)31-14-16-32(64)17-15-31)59-48(73)35-25-33(65)27-62(35)51(76)40(30(4)63)57-47(34)72;1-23-20-24(2)34-30(21-23)37-18-16-36(17-19-37)27-13-11-26(12-14-27)35-33(40)32(39)31-29(25-8-4-3-5-9-25)22-28-10-6-7-15-38(28)31/h14-17,28-30,33-38,40-46,55,63-68,70-71H,5-13,18-27,53-54H2,1-4H3,(H,56,69)(H,57,72)(H,58,74)(H,59,73)(H,60,75);3-15,20-22H,16-19H2,1-2H3,(H,35,40)/t28?,29?,30-,33-,34+,35+,36-,37+,38-,40+,41+,42+,43+,44+,45+,46+;/m1./s1. The minimum atomic E-state index is -2.28. The van der Waals surface area contributed by atoms with Crippen LogP contribution in [0.25, 0.3) is 16.6 Å². The van der Waals surface area contributed by atoms with Crippen LogP contribution in [0, 0.1) is 25.7 Å². The molecular weight excluding hydrogens is 1500 g/mol. The van der Waals surface area contributed by atoms with Crippen molar-refractivity contribution in [3.8, 4) is 16.9 Å². The van der Waals surface area contributed by atoms with Crippen molar-refractivity contribution in [3.05, 3.63) is 144 Å². The number of ketones is 1. The molecule has 636 valence electrons. The van der Waals surface area contributed by atoms with Crippen molar-refractivity contribution < 1.29 is 84.0 Å². The number of fused-ring (bicyclic) bond motifs is 3. The largest absolute Gasteiger partial charge is 0.508 e. The molecule has 3 aromatic heterocycles. The van der Waals surface area contributed by atoms with Gasteiger partial charge in [0.2, 0.25) is 41.4 Å². The number of phenolic OH excluding ortho intramolecular Hbond substituents is 1. The molecule has 0 aliphatic carbocycles. The number of hydrogen-bond donors (Lipinski definition) is 17. The van der Waals surface area contributed by atoms with E-state index >= 15 is 0 Å². The van der Waals surface area contributed by atoms with Gasteiger partial charge in [-0.05, 0) is 148 Å². The predicted molar refractivity (Wildman–Crippen MR) is 441 cm³/mol. The van der Waals surface area contributed by atoms with Gasteiger partial charge in [-0.15, -0.1) is 0 Å². The number of pyridine rings is 2. The first-order valence-electron chi connectivity index (χ1n) is 40.9. The van der Waals surface area contributed by atoms with Crippen molar-refractivity contribution in [2.24, 2.45) is 23.3 Å². The van der Waals surface area contributed by atoms with E-state index in [2.05, 4.69) is 86.8 Å². The van der Waals surface area contributed by atoms with Crippen LogP contribution in [-0.2, 0) is 38.4 Å². The number of rotatable bonds is 29. The van der Waals surface area contributed by atoms with Crippen molar-refractivity contribution in [2.75, 3.05) is 74.0 Å². The summed E-state index contributed by atoms with van der Waals surface area (Å²) in [6, 6.07) is 22.8. The maximum atomic E-state index is 14.6. The highest BCUT2D eigenvalue weighted by Gasteiger charge is 2.49. The number of carbonyl (C=O) groups excluding carboxylic acids is 9. The normalized spacial score (nSPS) is 23.4. The van der Waals surface area contributed by atoms with Gasteiger partial charge in [-0.2, -0.15) is 0 Å². The van der Waals surface area contributed by atoms with E-state index < -0.39 is 158 Å². The van der Waals surface area contributed by atoms with Crippen molar-refractivity contribution in [2.45, 2.75) is 217 Å². The summed E-state index contributed by atoms with van der Waals surface area (Å²) in [5.74, 6) is -6.64. The third kappa shape index (κ3) is 24.6. The number of nitrogens with one attached hydrogen (secondary N) is 7. The van der Waals surface area contributed by atoms with Crippen LogP contribution in [0.5, 0.6) is 5.75 Å². The first-order chi connectivity index (χ1) is 56.0.